The zero-order valence-electron chi connectivity index (χ0n) is 16.5. The van der Waals surface area contributed by atoms with Crippen LogP contribution in [0.15, 0.2) is 24.3 Å². The van der Waals surface area contributed by atoms with Gasteiger partial charge < -0.3 is 10.0 Å². The Bertz CT molecular complexity index is 492. The van der Waals surface area contributed by atoms with Gasteiger partial charge in [-0.3, -0.25) is 0 Å². The summed E-state index contributed by atoms with van der Waals surface area (Å²) in [5, 5.41) is 10.6. The van der Waals surface area contributed by atoms with Gasteiger partial charge in [0.15, 0.2) is 0 Å². The number of aliphatic hydroxyl groups is 1. The van der Waals surface area contributed by atoms with Gasteiger partial charge in [0, 0.05) is 19.6 Å². The predicted octanol–water partition coefficient (Wildman–Crippen LogP) is 4.50. The van der Waals surface area contributed by atoms with Crippen molar-refractivity contribution in [1.82, 2.24) is 4.90 Å². The van der Waals surface area contributed by atoms with E-state index in [0.29, 0.717) is 0 Å². The van der Waals surface area contributed by atoms with Gasteiger partial charge >= 0.3 is 0 Å². The van der Waals surface area contributed by atoms with Gasteiger partial charge in [-0.25, -0.2) is 0 Å². The second kappa shape index (κ2) is 8.01. The van der Waals surface area contributed by atoms with Crippen LogP contribution < -0.4 is 0 Å². The summed E-state index contributed by atoms with van der Waals surface area (Å²) < 4.78 is 0. The van der Waals surface area contributed by atoms with Crippen LogP contribution in [0.1, 0.15) is 59.1 Å². The van der Waals surface area contributed by atoms with Crippen molar-refractivity contribution in [1.29, 1.82) is 0 Å². The maximum absolute atomic E-state index is 10.6. The van der Waals surface area contributed by atoms with E-state index in [1.165, 1.54) is 17.5 Å². The quantitative estimate of drug-likeness (QED) is 0.858. The Balaban J connectivity index is 1.88. The van der Waals surface area contributed by atoms with Crippen molar-refractivity contribution >= 4 is 0 Å². The third-order valence-corrected chi connectivity index (χ3v) is 5.42. The molecular weight excluding hydrogens is 294 g/mol. The lowest BCUT2D eigenvalue weighted by Crippen LogP contribution is -2.44. The van der Waals surface area contributed by atoms with Gasteiger partial charge in [0.2, 0.25) is 0 Å². The highest BCUT2D eigenvalue weighted by molar-refractivity contribution is 5.27. The van der Waals surface area contributed by atoms with Gasteiger partial charge in [-0.2, -0.15) is 0 Å². The van der Waals surface area contributed by atoms with E-state index >= 15 is 0 Å². The van der Waals surface area contributed by atoms with Crippen LogP contribution in [0.5, 0.6) is 0 Å². The van der Waals surface area contributed by atoms with Gasteiger partial charge in [0.1, 0.15) is 0 Å². The number of nitrogens with zero attached hydrogens (tertiary/aromatic N) is 1. The van der Waals surface area contributed by atoms with Gasteiger partial charge in [0.05, 0.1) is 6.10 Å². The number of rotatable bonds is 5. The van der Waals surface area contributed by atoms with Crippen LogP contribution in [-0.2, 0) is 11.8 Å². The summed E-state index contributed by atoms with van der Waals surface area (Å²) in [6.07, 6.45) is 2.03. The van der Waals surface area contributed by atoms with Crippen molar-refractivity contribution in [2.75, 3.05) is 19.6 Å². The van der Waals surface area contributed by atoms with E-state index in [1.807, 2.05) is 0 Å². The molecule has 1 aliphatic heterocycles. The third-order valence-electron chi connectivity index (χ3n) is 5.42. The number of piperidine rings is 1. The summed E-state index contributed by atoms with van der Waals surface area (Å²) in [4.78, 5) is 2.46. The molecule has 24 heavy (non-hydrogen) atoms. The predicted molar refractivity (Wildman–Crippen MR) is 103 cm³/mol. The molecule has 0 spiro atoms. The van der Waals surface area contributed by atoms with E-state index in [0.717, 1.165) is 37.9 Å². The molecule has 1 aromatic rings. The molecule has 1 fully saturated rings. The SMILES string of the molecule is CC1CC(C)CN(CC(O)C(C)Cc2ccc(C(C)(C)C)cc2)C1. The molecule has 0 aliphatic carbocycles. The third kappa shape index (κ3) is 5.60. The maximum atomic E-state index is 10.6. The summed E-state index contributed by atoms with van der Waals surface area (Å²) in [5.41, 5.74) is 2.90. The van der Waals surface area contributed by atoms with Crippen LogP contribution in [0.2, 0.25) is 0 Å². The fourth-order valence-electron chi connectivity index (χ4n) is 4.03. The molecule has 136 valence electrons. The van der Waals surface area contributed by atoms with Crippen molar-refractivity contribution in [3.63, 3.8) is 0 Å². The fourth-order valence-corrected chi connectivity index (χ4v) is 4.03. The van der Waals surface area contributed by atoms with Crippen molar-refractivity contribution in [2.45, 2.75) is 65.9 Å². The monoisotopic (exact) mass is 331 g/mol. The summed E-state index contributed by atoms with van der Waals surface area (Å²) in [7, 11) is 0. The lowest BCUT2D eigenvalue weighted by Gasteiger charge is -2.37. The molecule has 2 heteroatoms. The van der Waals surface area contributed by atoms with E-state index in [4.69, 9.17) is 0 Å². The van der Waals surface area contributed by atoms with Crippen LogP contribution in [-0.4, -0.2) is 35.7 Å². The summed E-state index contributed by atoms with van der Waals surface area (Å²) in [5.74, 6) is 1.79. The topological polar surface area (TPSA) is 23.5 Å². The molecule has 1 aromatic carbocycles. The van der Waals surface area contributed by atoms with Crippen LogP contribution >= 0.6 is 0 Å². The first-order valence-electron chi connectivity index (χ1n) is 9.65. The highest BCUT2D eigenvalue weighted by Crippen LogP contribution is 2.24. The minimum absolute atomic E-state index is 0.200. The fraction of sp³-hybridized carbons (Fsp3) is 0.727. The Morgan fingerprint density at radius 2 is 1.62 bits per heavy atom. The lowest BCUT2D eigenvalue weighted by atomic mass is 9.85. The minimum Gasteiger partial charge on any atom is -0.392 e. The highest BCUT2D eigenvalue weighted by atomic mass is 16.3. The van der Waals surface area contributed by atoms with Gasteiger partial charge in [0.25, 0.3) is 0 Å². The average Bonchev–Trinajstić information content (AvgIpc) is 2.45. The Kier molecular flexibility index (Phi) is 6.50. The van der Waals surface area contributed by atoms with Crippen LogP contribution in [0.25, 0.3) is 0 Å². The average molecular weight is 332 g/mol. The molecule has 4 unspecified atom stereocenters. The van der Waals surface area contributed by atoms with Crippen LogP contribution in [0, 0.1) is 17.8 Å². The van der Waals surface area contributed by atoms with Crippen molar-refractivity contribution < 1.29 is 5.11 Å². The van der Waals surface area contributed by atoms with Crippen molar-refractivity contribution in [2.24, 2.45) is 17.8 Å². The van der Waals surface area contributed by atoms with E-state index < -0.39 is 0 Å². The molecule has 0 bridgehead atoms. The molecule has 0 amide bonds. The van der Waals surface area contributed by atoms with Gasteiger partial charge in [-0.15, -0.1) is 0 Å². The molecule has 1 N–H and O–H groups in total. The van der Waals surface area contributed by atoms with Gasteiger partial charge in [-0.1, -0.05) is 65.8 Å². The van der Waals surface area contributed by atoms with E-state index in [9.17, 15) is 5.11 Å². The first-order valence-corrected chi connectivity index (χ1v) is 9.65. The highest BCUT2D eigenvalue weighted by Gasteiger charge is 2.25. The minimum atomic E-state index is -0.246. The molecule has 0 saturated carbocycles. The normalized spacial score (nSPS) is 25.5. The second-order valence-electron chi connectivity index (χ2n) is 9.36. The Labute approximate surface area is 149 Å². The number of benzene rings is 1. The number of aliphatic hydroxyl groups excluding tert-OH is 1. The Hall–Kier alpha value is -0.860. The first-order chi connectivity index (χ1) is 11.1. The van der Waals surface area contributed by atoms with E-state index in [1.54, 1.807) is 0 Å². The standard InChI is InChI=1S/C22H37NO/c1-16-11-17(2)14-23(13-16)15-21(24)18(3)12-19-7-9-20(10-8-19)22(4,5)6/h7-10,16-18,21,24H,11-15H2,1-6H3. The number of hydrogen-bond acceptors (Lipinski definition) is 2. The maximum Gasteiger partial charge on any atom is 0.0695 e. The van der Waals surface area contributed by atoms with E-state index in [-0.39, 0.29) is 17.4 Å². The summed E-state index contributed by atoms with van der Waals surface area (Å²) >= 11 is 0. The molecule has 0 radical (unpaired) electrons. The lowest BCUT2D eigenvalue weighted by molar-refractivity contribution is 0.0420. The Morgan fingerprint density at radius 1 is 1.08 bits per heavy atom. The van der Waals surface area contributed by atoms with Crippen LogP contribution in [0.4, 0.5) is 0 Å². The molecule has 1 saturated heterocycles. The first kappa shape index (κ1) is 19.5. The van der Waals surface area contributed by atoms with Crippen molar-refractivity contribution in [3.05, 3.63) is 35.4 Å². The zero-order valence-corrected chi connectivity index (χ0v) is 16.5. The molecule has 2 nitrogen and oxygen atoms in total. The second-order valence-corrected chi connectivity index (χ2v) is 9.36. The van der Waals surface area contributed by atoms with Crippen molar-refractivity contribution in [3.8, 4) is 0 Å². The number of β-amino-alcohol motifs (C(OH)–C–C–N with tert-alkyl or cyclic N) is 1. The molecule has 1 aliphatic rings. The van der Waals surface area contributed by atoms with Crippen LogP contribution in [0.3, 0.4) is 0 Å². The number of hydrogen-bond donors (Lipinski definition) is 1. The largest absolute Gasteiger partial charge is 0.392 e. The molecule has 1 heterocycles. The Morgan fingerprint density at radius 3 is 2.12 bits per heavy atom. The zero-order chi connectivity index (χ0) is 17.9. The summed E-state index contributed by atoms with van der Waals surface area (Å²) in [6, 6.07) is 8.94. The molecule has 4 atom stereocenters. The summed E-state index contributed by atoms with van der Waals surface area (Å²) in [6.45, 7) is 16.7. The van der Waals surface area contributed by atoms with E-state index in [2.05, 4.69) is 70.7 Å². The molecule has 2 rings (SSSR count). The molecule has 0 aromatic heterocycles. The number of likely N-dealkylation sites (tertiary alicyclic amines) is 1. The molecular formula is C22H37NO. The smallest absolute Gasteiger partial charge is 0.0695 e. The van der Waals surface area contributed by atoms with Gasteiger partial charge in [-0.05, 0) is 47.1 Å².